The van der Waals surface area contributed by atoms with Crippen molar-refractivity contribution in [2.75, 3.05) is 0 Å². The Balaban J connectivity index is 2.42. The molecule has 0 amide bonds. The number of aryl methyl sites for hydroxylation is 1. The van der Waals surface area contributed by atoms with Gasteiger partial charge in [0.2, 0.25) is 0 Å². The Morgan fingerprint density at radius 1 is 1.36 bits per heavy atom. The van der Waals surface area contributed by atoms with E-state index in [-0.39, 0.29) is 5.78 Å². The first-order valence-electron chi connectivity index (χ1n) is 5.41. The second-order valence-electron chi connectivity index (χ2n) is 3.70. The molecular formula is C12H19NO. The molecule has 14 heavy (non-hydrogen) atoms. The average Bonchev–Trinajstić information content (AvgIpc) is 2.60. The van der Waals surface area contributed by atoms with E-state index in [2.05, 4.69) is 11.5 Å². The summed E-state index contributed by atoms with van der Waals surface area (Å²) in [5, 5.41) is 0. The molecule has 0 unspecified atom stereocenters. The first kappa shape index (κ1) is 11.0. The Morgan fingerprint density at radius 3 is 2.79 bits per heavy atom. The van der Waals surface area contributed by atoms with Crippen LogP contribution in [0.15, 0.2) is 18.3 Å². The molecule has 0 saturated carbocycles. The van der Waals surface area contributed by atoms with Crippen molar-refractivity contribution in [3.63, 3.8) is 0 Å². The van der Waals surface area contributed by atoms with Gasteiger partial charge in [-0.3, -0.25) is 4.79 Å². The van der Waals surface area contributed by atoms with Gasteiger partial charge < -0.3 is 4.57 Å². The van der Waals surface area contributed by atoms with Crippen molar-refractivity contribution >= 4 is 5.78 Å². The Bertz CT molecular complexity index is 288. The maximum absolute atomic E-state index is 11.2. The van der Waals surface area contributed by atoms with Crippen LogP contribution in [0.1, 0.15) is 50.0 Å². The van der Waals surface area contributed by atoms with Gasteiger partial charge in [0.05, 0.1) is 5.69 Å². The number of carbonyl (C=O) groups excluding carboxylic acids is 1. The smallest absolute Gasteiger partial charge is 0.176 e. The van der Waals surface area contributed by atoms with Gasteiger partial charge >= 0.3 is 0 Å². The summed E-state index contributed by atoms with van der Waals surface area (Å²) in [5.74, 6) is 0.158. The molecule has 2 nitrogen and oxygen atoms in total. The van der Waals surface area contributed by atoms with E-state index in [0.717, 1.165) is 12.2 Å². The zero-order valence-corrected chi connectivity index (χ0v) is 9.12. The molecular weight excluding hydrogens is 174 g/mol. The predicted octanol–water partition coefficient (Wildman–Crippen LogP) is 3.27. The van der Waals surface area contributed by atoms with Crippen LogP contribution in [0, 0.1) is 0 Å². The van der Waals surface area contributed by atoms with Crippen LogP contribution in [-0.2, 0) is 6.54 Å². The largest absolute Gasteiger partial charge is 0.345 e. The summed E-state index contributed by atoms with van der Waals surface area (Å²) in [6, 6.07) is 3.83. The Morgan fingerprint density at radius 2 is 2.14 bits per heavy atom. The zero-order chi connectivity index (χ0) is 10.4. The lowest BCUT2D eigenvalue weighted by molar-refractivity contribution is 0.100. The van der Waals surface area contributed by atoms with E-state index >= 15 is 0 Å². The molecule has 78 valence electrons. The van der Waals surface area contributed by atoms with E-state index in [1.807, 2.05) is 18.3 Å². The van der Waals surface area contributed by atoms with Crippen LogP contribution in [0.25, 0.3) is 0 Å². The lowest BCUT2D eigenvalue weighted by Gasteiger charge is -2.06. The van der Waals surface area contributed by atoms with Crippen molar-refractivity contribution in [1.82, 2.24) is 4.57 Å². The summed E-state index contributed by atoms with van der Waals surface area (Å²) in [6.45, 7) is 4.80. The molecule has 0 atom stereocenters. The molecule has 0 aromatic carbocycles. The molecule has 1 rings (SSSR count). The fourth-order valence-corrected chi connectivity index (χ4v) is 1.64. The second-order valence-corrected chi connectivity index (χ2v) is 3.70. The summed E-state index contributed by atoms with van der Waals surface area (Å²) in [6.07, 6.45) is 6.96. The number of carbonyl (C=O) groups is 1. The minimum Gasteiger partial charge on any atom is -0.345 e. The van der Waals surface area contributed by atoms with Gasteiger partial charge in [0.1, 0.15) is 0 Å². The van der Waals surface area contributed by atoms with Gasteiger partial charge in [0.25, 0.3) is 0 Å². The highest BCUT2D eigenvalue weighted by Gasteiger charge is 2.04. The molecule has 0 fully saturated rings. The van der Waals surface area contributed by atoms with Gasteiger partial charge in [-0.2, -0.15) is 0 Å². The number of ketones is 1. The molecule has 0 N–H and O–H groups in total. The van der Waals surface area contributed by atoms with Gasteiger partial charge in [-0.05, 0) is 18.6 Å². The number of nitrogens with zero attached hydrogens (tertiary/aromatic N) is 1. The van der Waals surface area contributed by atoms with Gasteiger partial charge in [-0.25, -0.2) is 0 Å². The summed E-state index contributed by atoms with van der Waals surface area (Å²) < 4.78 is 2.05. The molecule has 0 spiro atoms. The lowest BCUT2D eigenvalue weighted by Crippen LogP contribution is -2.05. The van der Waals surface area contributed by atoms with Crippen LogP contribution >= 0.6 is 0 Å². The number of aromatic nitrogens is 1. The second kappa shape index (κ2) is 5.63. The van der Waals surface area contributed by atoms with Crippen LogP contribution < -0.4 is 0 Å². The highest BCUT2D eigenvalue weighted by atomic mass is 16.1. The fourth-order valence-electron chi connectivity index (χ4n) is 1.64. The highest BCUT2D eigenvalue weighted by Crippen LogP contribution is 2.07. The molecule has 0 aliphatic heterocycles. The first-order chi connectivity index (χ1) is 6.75. The predicted molar refractivity (Wildman–Crippen MR) is 58.6 cm³/mol. The van der Waals surface area contributed by atoms with E-state index in [4.69, 9.17) is 0 Å². The van der Waals surface area contributed by atoms with Crippen molar-refractivity contribution < 1.29 is 4.79 Å². The van der Waals surface area contributed by atoms with E-state index < -0.39 is 0 Å². The quantitative estimate of drug-likeness (QED) is 0.502. The van der Waals surface area contributed by atoms with E-state index in [1.54, 1.807) is 6.92 Å². The van der Waals surface area contributed by atoms with Crippen LogP contribution in [0.2, 0.25) is 0 Å². The van der Waals surface area contributed by atoms with Gasteiger partial charge in [0.15, 0.2) is 5.78 Å². The number of hydrogen-bond donors (Lipinski definition) is 0. The maximum atomic E-state index is 11.2. The summed E-state index contributed by atoms with van der Waals surface area (Å²) in [5.41, 5.74) is 0.835. The molecule has 2 heteroatoms. The fraction of sp³-hybridized carbons (Fsp3) is 0.583. The van der Waals surface area contributed by atoms with Crippen molar-refractivity contribution in [3.05, 3.63) is 24.0 Å². The third-order valence-electron chi connectivity index (χ3n) is 2.44. The lowest BCUT2D eigenvalue weighted by atomic mass is 10.2. The van der Waals surface area contributed by atoms with Crippen molar-refractivity contribution in [2.24, 2.45) is 0 Å². The molecule has 1 aromatic heterocycles. The molecule has 0 saturated heterocycles. The SMILES string of the molecule is CCCCCCn1cccc1C(C)=O. The van der Waals surface area contributed by atoms with E-state index in [1.165, 1.54) is 25.7 Å². The van der Waals surface area contributed by atoms with E-state index in [9.17, 15) is 4.79 Å². The molecule has 1 aromatic rings. The standard InChI is InChI=1S/C12H19NO/c1-3-4-5-6-9-13-10-7-8-12(13)11(2)14/h7-8,10H,3-6,9H2,1-2H3. The Kier molecular flexibility index (Phi) is 4.44. The third-order valence-corrected chi connectivity index (χ3v) is 2.44. The summed E-state index contributed by atoms with van der Waals surface area (Å²) in [7, 11) is 0. The minimum absolute atomic E-state index is 0.158. The number of rotatable bonds is 6. The van der Waals surface area contributed by atoms with Crippen molar-refractivity contribution in [2.45, 2.75) is 46.1 Å². The zero-order valence-electron chi connectivity index (χ0n) is 9.12. The highest BCUT2D eigenvalue weighted by molar-refractivity contribution is 5.92. The third kappa shape index (κ3) is 3.02. The molecule has 0 aliphatic carbocycles. The van der Waals surface area contributed by atoms with Crippen LogP contribution in [0.3, 0.4) is 0 Å². The van der Waals surface area contributed by atoms with Crippen LogP contribution in [0.5, 0.6) is 0 Å². The first-order valence-corrected chi connectivity index (χ1v) is 5.41. The van der Waals surface area contributed by atoms with Crippen LogP contribution in [-0.4, -0.2) is 10.4 Å². The average molecular weight is 193 g/mol. The maximum Gasteiger partial charge on any atom is 0.176 e. The number of hydrogen-bond acceptors (Lipinski definition) is 1. The van der Waals surface area contributed by atoms with E-state index in [0.29, 0.717) is 0 Å². The number of unbranched alkanes of at least 4 members (excludes halogenated alkanes) is 3. The Labute approximate surface area is 85.9 Å². The van der Waals surface area contributed by atoms with Crippen molar-refractivity contribution in [1.29, 1.82) is 0 Å². The minimum atomic E-state index is 0.158. The molecule has 1 heterocycles. The summed E-state index contributed by atoms with van der Waals surface area (Å²) in [4.78, 5) is 11.2. The molecule has 0 bridgehead atoms. The van der Waals surface area contributed by atoms with Gasteiger partial charge in [-0.1, -0.05) is 26.2 Å². The van der Waals surface area contributed by atoms with Crippen molar-refractivity contribution in [3.8, 4) is 0 Å². The van der Waals surface area contributed by atoms with Gasteiger partial charge in [-0.15, -0.1) is 0 Å². The normalized spacial score (nSPS) is 10.4. The number of Topliss-reactive ketones (excluding diaryl/α,β-unsaturated/α-hetero) is 1. The van der Waals surface area contributed by atoms with Gasteiger partial charge in [0, 0.05) is 19.7 Å². The Hall–Kier alpha value is -1.05. The topological polar surface area (TPSA) is 22.0 Å². The monoisotopic (exact) mass is 193 g/mol. The summed E-state index contributed by atoms with van der Waals surface area (Å²) >= 11 is 0. The van der Waals surface area contributed by atoms with Crippen LogP contribution in [0.4, 0.5) is 0 Å². The molecule has 0 aliphatic rings. The molecule has 0 radical (unpaired) electrons.